The Bertz CT molecular complexity index is 410. The molecule has 0 bridgehead atoms. The first-order chi connectivity index (χ1) is 9.52. The van der Waals surface area contributed by atoms with Crippen molar-refractivity contribution in [2.75, 3.05) is 20.5 Å². The lowest BCUT2D eigenvalue weighted by atomic mass is 9.98. The largest absolute Gasteiger partial charge is 0.442 e. The molecule has 2 atom stereocenters. The first-order valence-corrected chi connectivity index (χ1v) is 6.31. The molecule has 0 spiro atoms. The number of primary amides is 1. The topological polar surface area (TPSA) is 70.8 Å². The minimum Gasteiger partial charge on any atom is -0.442 e. The van der Waals surface area contributed by atoms with E-state index in [1.54, 1.807) is 19.2 Å². The van der Waals surface area contributed by atoms with Crippen molar-refractivity contribution in [1.82, 2.24) is 0 Å². The van der Waals surface area contributed by atoms with Crippen LogP contribution in [0, 0.1) is 11.7 Å². The van der Waals surface area contributed by atoms with Crippen molar-refractivity contribution in [3.63, 3.8) is 0 Å². The van der Waals surface area contributed by atoms with Gasteiger partial charge < -0.3 is 19.9 Å². The molecule has 1 aromatic rings. The van der Waals surface area contributed by atoms with E-state index in [1.807, 2.05) is 6.92 Å². The molecule has 0 heterocycles. The van der Waals surface area contributed by atoms with Gasteiger partial charge in [0.1, 0.15) is 18.7 Å². The summed E-state index contributed by atoms with van der Waals surface area (Å²) in [5, 5.41) is 0. The van der Waals surface area contributed by atoms with Crippen LogP contribution < -0.4 is 5.73 Å². The third-order valence-corrected chi connectivity index (χ3v) is 2.72. The lowest BCUT2D eigenvalue weighted by Gasteiger charge is -2.21. The molecular formula is C14H20FNO4. The van der Waals surface area contributed by atoms with Crippen LogP contribution in [0.25, 0.3) is 0 Å². The second-order valence-corrected chi connectivity index (χ2v) is 4.60. The van der Waals surface area contributed by atoms with Gasteiger partial charge in [-0.15, -0.1) is 0 Å². The molecule has 0 saturated carbocycles. The molecule has 112 valence electrons. The third kappa shape index (κ3) is 5.99. The summed E-state index contributed by atoms with van der Waals surface area (Å²) in [6.45, 7) is 2.63. The van der Waals surface area contributed by atoms with Gasteiger partial charge in [0, 0.05) is 7.11 Å². The summed E-state index contributed by atoms with van der Waals surface area (Å²) in [5.41, 5.74) is 5.77. The van der Waals surface area contributed by atoms with E-state index in [9.17, 15) is 9.18 Å². The van der Waals surface area contributed by atoms with Crippen LogP contribution in [-0.2, 0) is 14.2 Å². The lowest BCUT2D eigenvalue weighted by molar-refractivity contribution is -0.0465. The quantitative estimate of drug-likeness (QED) is 0.588. The van der Waals surface area contributed by atoms with Crippen LogP contribution in [0.4, 0.5) is 9.18 Å². The van der Waals surface area contributed by atoms with Gasteiger partial charge >= 0.3 is 6.09 Å². The molecule has 0 unspecified atom stereocenters. The lowest BCUT2D eigenvalue weighted by Crippen LogP contribution is -2.20. The van der Waals surface area contributed by atoms with Crippen LogP contribution in [0.1, 0.15) is 25.0 Å². The number of carbonyl (C=O) groups is 1. The second kappa shape index (κ2) is 8.50. The first-order valence-electron chi connectivity index (χ1n) is 6.31. The highest BCUT2D eigenvalue weighted by atomic mass is 19.1. The maximum atomic E-state index is 12.9. The number of carbonyl (C=O) groups excluding carboxylic acids is 1. The number of methoxy groups -OCH3 is 1. The number of hydrogen-bond acceptors (Lipinski definition) is 4. The zero-order valence-corrected chi connectivity index (χ0v) is 11.7. The average Bonchev–Trinajstić information content (AvgIpc) is 2.38. The number of halogens is 1. The molecule has 5 nitrogen and oxygen atoms in total. The molecule has 0 saturated heterocycles. The summed E-state index contributed by atoms with van der Waals surface area (Å²) in [4.78, 5) is 11.0. The normalized spacial score (nSPS) is 13.8. The van der Waals surface area contributed by atoms with Crippen molar-refractivity contribution in [3.05, 3.63) is 35.6 Å². The minimum atomic E-state index is -0.857. The van der Waals surface area contributed by atoms with E-state index in [0.29, 0.717) is 18.6 Å². The SMILES string of the molecule is COCOC[C@@H](C)C[C@H](OC(N)=O)c1ccc(F)cc1. The number of rotatable bonds is 8. The summed E-state index contributed by atoms with van der Waals surface area (Å²) in [6, 6.07) is 5.79. The van der Waals surface area contributed by atoms with E-state index in [4.69, 9.17) is 19.9 Å². The molecule has 1 amide bonds. The molecule has 20 heavy (non-hydrogen) atoms. The highest BCUT2D eigenvalue weighted by molar-refractivity contribution is 5.65. The van der Waals surface area contributed by atoms with Gasteiger partial charge in [0.25, 0.3) is 0 Å². The zero-order chi connectivity index (χ0) is 15.0. The molecule has 0 aliphatic rings. The highest BCUT2D eigenvalue weighted by Crippen LogP contribution is 2.25. The Morgan fingerprint density at radius 1 is 1.35 bits per heavy atom. The fourth-order valence-corrected chi connectivity index (χ4v) is 1.84. The van der Waals surface area contributed by atoms with Gasteiger partial charge in [-0.25, -0.2) is 9.18 Å². The Morgan fingerprint density at radius 2 is 2.00 bits per heavy atom. The molecule has 1 aromatic carbocycles. The summed E-state index contributed by atoms with van der Waals surface area (Å²) in [5.74, 6) is -0.220. The monoisotopic (exact) mass is 285 g/mol. The van der Waals surface area contributed by atoms with Crippen LogP contribution in [0.15, 0.2) is 24.3 Å². The molecule has 2 N–H and O–H groups in total. The van der Waals surface area contributed by atoms with Gasteiger partial charge in [-0.1, -0.05) is 19.1 Å². The molecule has 1 rings (SSSR count). The van der Waals surface area contributed by atoms with Crippen molar-refractivity contribution in [2.24, 2.45) is 11.7 Å². The molecule has 0 radical (unpaired) electrons. The third-order valence-electron chi connectivity index (χ3n) is 2.72. The Kier molecular flexibility index (Phi) is 6.97. The van der Waals surface area contributed by atoms with Crippen molar-refractivity contribution in [2.45, 2.75) is 19.4 Å². The first kappa shape index (κ1) is 16.4. The van der Waals surface area contributed by atoms with Crippen LogP contribution in [-0.4, -0.2) is 26.6 Å². The van der Waals surface area contributed by atoms with Gasteiger partial charge in [0.15, 0.2) is 0 Å². The number of hydrogen-bond donors (Lipinski definition) is 1. The molecule has 0 aliphatic heterocycles. The maximum Gasteiger partial charge on any atom is 0.405 e. The van der Waals surface area contributed by atoms with E-state index in [-0.39, 0.29) is 18.5 Å². The standard InChI is InChI=1S/C14H20FNO4/c1-10(8-19-9-18-2)7-13(20-14(16)17)11-3-5-12(15)6-4-11/h3-6,10,13H,7-9H2,1-2H3,(H2,16,17)/t10-,13-/m0/s1. The number of ether oxygens (including phenoxy) is 3. The summed E-state index contributed by atoms with van der Waals surface area (Å²) in [6.07, 6.45) is -0.850. The van der Waals surface area contributed by atoms with Crippen LogP contribution in [0.5, 0.6) is 0 Å². The van der Waals surface area contributed by atoms with E-state index in [1.165, 1.54) is 12.1 Å². The van der Waals surface area contributed by atoms with Crippen molar-refractivity contribution >= 4 is 6.09 Å². The van der Waals surface area contributed by atoms with Gasteiger partial charge in [0.2, 0.25) is 0 Å². The van der Waals surface area contributed by atoms with Crippen LogP contribution in [0.3, 0.4) is 0 Å². The van der Waals surface area contributed by atoms with Crippen LogP contribution in [0.2, 0.25) is 0 Å². The van der Waals surface area contributed by atoms with E-state index in [2.05, 4.69) is 0 Å². The predicted molar refractivity (Wildman–Crippen MR) is 71.4 cm³/mol. The molecular weight excluding hydrogens is 265 g/mol. The summed E-state index contributed by atoms with van der Waals surface area (Å²) in [7, 11) is 1.54. The zero-order valence-electron chi connectivity index (χ0n) is 11.7. The fourth-order valence-electron chi connectivity index (χ4n) is 1.84. The average molecular weight is 285 g/mol. The Balaban J connectivity index is 2.64. The second-order valence-electron chi connectivity index (χ2n) is 4.60. The van der Waals surface area contributed by atoms with Crippen molar-refractivity contribution in [1.29, 1.82) is 0 Å². The van der Waals surface area contributed by atoms with E-state index < -0.39 is 12.2 Å². The smallest absolute Gasteiger partial charge is 0.405 e. The predicted octanol–water partition coefficient (Wildman–Crippen LogP) is 2.61. The number of benzene rings is 1. The molecule has 0 aliphatic carbocycles. The Morgan fingerprint density at radius 3 is 2.55 bits per heavy atom. The van der Waals surface area contributed by atoms with E-state index in [0.717, 1.165) is 0 Å². The van der Waals surface area contributed by atoms with Crippen molar-refractivity contribution < 1.29 is 23.4 Å². The molecule has 0 aromatic heterocycles. The van der Waals surface area contributed by atoms with Crippen molar-refractivity contribution in [3.8, 4) is 0 Å². The summed E-state index contributed by atoms with van der Waals surface area (Å²) < 4.78 is 28.0. The summed E-state index contributed by atoms with van der Waals surface area (Å²) >= 11 is 0. The van der Waals surface area contributed by atoms with Gasteiger partial charge in [-0.3, -0.25) is 0 Å². The van der Waals surface area contributed by atoms with Gasteiger partial charge in [-0.05, 0) is 30.0 Å². The molecule has 0 fully saturated rings. The maximum absolute atomic E-state index is 12.9. The van der Waals surface area contributed by atoms with E-state index >= 15 is 0 Å². The number of amides is 1. The minimum absolute atomic E-state index is 0.125. The highest BCUT2D eigenvalue weighted by Gasteiger charge is 2.19. The van der Waals surface area contributed by atoms with Gasteiger partial charge in [-0.2, -0.15) is 0 Å². The number of nitrogens with two attached hydrogens (primary N) is 1. The fraction of sp³-hybridized carbons (Fsp3) is 0.500. The van der Waals surface area contributed by atoms with Crippen LogP contribution >= 0.6 is 0 Å². The molecule has 6 heteroatoms. The Hall–Kier alpha value is -1.66. The van der Waals surface area contributed by atoms with Gasteiger partial charge in [0.05, 0.1) is 6.61 Å². The Labute approximate surface area is 117 Å².